The third-order valence-corrected chi connectivity index (χ3v) is 5.56. The summed E-state index contributed by atoms with van der Waals surface area (Å²) in [5.41, 5.74) is 0. The molecule has 0 aromatic carbocycles. The Kier molecular flexibility index (Phi) is 5.39. The van der Waals surface area contributed by atoms with Gasteiger partial charge in [0, 0.05) is 27.8 Å². The summed E-state index contributed by atoms with van der Waals surface area (Å²) in [7, 11) is -1.49. The molecule has 92 valence electrons. The van der Waals surface area contributed by atoms with E-state index in [1.165, 1.54) is 11.3 Å². The number of rotatable bonds is 6. The monoisotopic (exact) mass is 326 g/mol. The van der Waals surface area contributed by atoms with Crippen LogP contribution in [0, 0.1) is 0 Å². The summed E-state index contributed by atoms with van der Waals surface area (Å²) in [5, 5.41) is 4.35. The van der Waals surface area contributed by atoms with Gasteiger partial charge in [0.2, 0.25) is 10.0 Å². The molecular formula is C9H15BrN2O2S2. The predicted octanol–water partition coefficient (Wildman–Crippen LogP) is 1.54. The van der Waals surface area contributed by atoms with Gasteiger partial charge in [0.25, 0.3) is 0 Å². The minimum absolute atomic E-state index is 0.354. The van der Waals surface area contributed by atoms with Gasteiger partial charge in [-0.1, -0.05) is 0 Å². The van der Waals surface area contributed by atoms with Crippen LogP contribution in [0.5, 0.6) is 0 Å². The molecule has 0 aliphatic heterocycles. The average molecular weight is 327 g/mol. The second-order valence-electron chi connectivity index (χ2n) is 3.47. The van der Waals surface area contributed by atoms with E-state index >= 15 is 0 Å². The van der Waals surface area contributed by atoms with Gasteiger partial charge in [0.15, 0.2) is 0 Å². The summed E-state index contributed by atoms with van der Waals surface area (Å²) in [6.07, 6.45) is 0. The second-order valence-corrected chi connectivity index (χ2v) is 7.56. The predicted molar refractivity (Wildman–Crippen MR) is 71.2 cm³/mol. The quantitative estimate of drug-likeness (QED) is 0.833. The summed E-state index contributed by atoms with van der Waals surface area (Å²) in [6, 6.07) is 1.91. The molecule has 1 unspecified atom stereocenters. The van der Waals surface area contributed by atoms with Crippen molar-refractivity contribution in [1.29, 1.82) is 0 Å². The molecule has 0 saturated carbocycles. The summed E-state index contributed by atoms with van der Waals surface area (Å²) in [4.78, 5) is 0.993. The number of hydrogen-bond acceptors (Lipinski definition) is 4. The van der Waals surface area contributed by atoms with E-state index in [9.17, 15) is 8.42 Å². The van der Waals surface area contributed by atoms with E-state index < -0.39 is 15.3 Å². The summed E-state index contributed by atoms with van der Waals surface area (Å²) < 4.78 is 27.1. The minimum Gasteiger partial charge on any atom is -0.318 e. The van der Waals surface area contributed by atoms with Crippen LogP contribution in [0.25, 0.3) is 0 Å². The molecule has 0 fully saturated rings. The smallest absolute Gasteiger partial charge is 0.215 e. The van der Waals surface area contributed by atoms with Crippen molar-refractivity contribution >= 4 is 37.3 Å². The number of thiophene rings is 1. The number of nitrogens with one attached hydrogen (secondary N) is 2. The zero-order valence-corrected chi connectivity index (χ0v) is 12.4. The lowest BCUT2D eigenvalue weighted by Gasteiger charge is -2.12. The van der Waals surface area contributed by atoms with Gasteiger partial charge < -0.3 is 5.32 Å². The molecule has 1 aromatic heterocycles. The highest BCUT2D eigenvalue weighted by Crippen LogP contribution is 2.19. The molecular weight excluding hydrogens is 312 g/mol. The van der Waals surface area contributed by atoms with Gasteiger partial charge in [-0.3, -0.25) is 0 Å². The van der Waals surface area contributed by atoms with E-state index in [2.05, 4.69) is 26.0 Å². The third kappa shape index (κ3) is 4.14. The first-order valence-corrected chi connectivity index (χ1v) is 8.03. The van der Waals surface area contributed by atoms with E-state index in [-0.39, 0.29) is 0 Å². The summed E-state index contributed by atoms with van der Waals surface area (Å²) in [5.74, 6) is 0. The lowest BCUT2D eigenvalue weighted by Crippen LogP contribution is -2.37. The molecule has 2 N–H and O–H groups in total. The van der Waals surface area contributed by atoms with Crippen LogP contribution in [0.1, 0.15) is 11.8 Å². The Morgan fingerprint density at radius 3 is 2.75 bits per heavy atom. The molecule has 1 rings (SSSR count). The fraction of sp³-hybridized carbons (Fsp3) is 0.556. The van der Waals surface area contributed by atoms with E-state index in [0.29, 0.717) is 13.1 Å². The van der Waals surface area contributed by atoms with Gasteiger partial charge >= 0.3 is 0 Å². The zero-order valence-electron chi connectivity index (χ0n) is 9.16. The van der Waals surface area contributed by atoms with Crippen LogP contribution in [0.2, 0.25) is 0 Å². The maximum atomic E-state index is 11.7. The SMILES string of the molecule is CNCC(C)S(=O)(=O)NCc1cc(Br)cs1. The van der Waals surface area contributed by atoms with Crippen LogP contribution in [0.3, 0.4) is 0 Å². The molecule has 0 amide bonds. The van der Waals surface area contributed by atoms with Gasteiger partial charge in [-0.05, 0) is 36.0 Å². The molecule has 0 aliphatic carbocycles. The van der Waals surface area contributed by atoms with Gasteiger partial charge in [-0.25, -0.2) is 13.1 Å². The van der Waals surface area contributed by atoms with Crippen molar-refractivity contribution in [3.8, 4) is 0 Å². The van der Waals surface area contributed by atoms with E-state index in [0.717, 1.165) is 9.35 Å². The van der Waals surface area contributed by atoms with Crippen molar-refractivity contribution in [1.82, 2.24) is 10.0 Å². The molecule has 0 aliphatic rings. The van der Waals surface area contributed by atoms with Gasteiger partial charge in [-0.2, -0.15) is 0 Å². The van der Waals surface area contributed by atoms with Crippen molar-refractivity contribution in [2.24, 2.45) is 0 Å². The maximum Gasteiger partial charge on any atom is 0.215 e. The first-order valence-electron chi connectivity index (χ1n) is 4.81. The highest BCUT2D eigenvalue weighted by Gasteiger charge is 2.19. The van der Waals surface area contributed by atoms with Crippen molar-refractivity contribution in [2.75, 3.05) is 13.6 Å². The van der Waals surface area contributed by atoms with Crippen LogP contribution < -0.4 is 10.0 Å². The first-order chi connectivity index (χ1) is 7.45. The lowest BCUT2D eigenvalue weighted by atomic mass is 10.5. The standard InChI is InChI=1S/C9H15BrN2O2S2/c1-7(4-11-2)16(13,14)12-5-9-3-8(10)6-15-9/h3,6-7,11-12H,4-5H2,1-2H3. The lowest BCUT2D eigenvalue weighted by molar-refractivity contribution is 0.564. The Labute approximate surface area is 109 Å². The number of halogens is 1. The molecule has 16 heavy (non-hydrogen) atoms. The highest BCUT2D eigenvalue weighted by molar-refractivity contribution is 9.10. The summed E-state index contributed by atoms with van der Waals surface area (Å²) >= 11 is 4.86. The molecule has 0 bridgehead atoms. The Balaban J connectivity index is 2.54. The van der Waals surface area contributed by atoms with Crippen molar-refractivity contribution in [3.63, 3.8) is 0 Å². The van der Waals surface area contributed by atoms with E-state index in [4.69, 9.17) is 0 Å². The Morgan fingerprint density at radius 2 is 2.25 bits per heavy atom. The fourth-order valence-electron chi connectivity index (χ4n) is 1.16. The fourth-order valence-corrected chi connectivity index (χ4v) is 3.67. The van der Waals surface area contributed by atoms with E-state index in [1.54, 1.807) is 14.0 Å². The Bertz CT molecular complexity index is 430. The van der Waals surface area contributed by atoms with Crippen LogP contribution in [-0.4, -0.2) is 27.3 Å². The van der Waals surface area contributed by atoms with Crippen molar-refractivity contribution in [3.05, 3.63) is 20.8 Å². The molecule has 1 atom stereocenters. The Hall–Kier alpha value is 0.0500. The van der Waals surface area contributed by atoms with Gasteiger partial charge in [0.1, 0.15) is 0 Å². The number of hydrogen-bond donors (Lipinski definition) is 2. The van der Waals surface area contributed by atoms with Crippen molar-refractivity contribution in [2.45, 2.75) is 18.7 Å². The molecule has 1 aromatic rings. The molecule has 7 heteroatoms. The first kappa shape index (κ1) is 14.1. The second kappa shape index (κ2) is 6.11. The normalized spacial score (nSPS) is 13.9. The van der Waals surface area contributed by atoms with Crippen LogP contribution >= 0.6 is 27.3 Å². The molecule has 4 nitrogen and oxygen atoms in total. The molecule has 0 saturated heterocycles. The minimum atomic E-state index is -3.23. The van der Waals surface area contributed by atoms with Crippen LogP contribution in [0.4, 0.5) is 0 Å². The molecule has 0 spiro atoms. The average Bonchev–Trinajstić information content (AvgIpc) is 2.62. The number of sulfonamides is 1. The molecule has 1 heterocycles. The maximum absolute atomic E-state index is 11.7. The van der Waals surface area contributed by atoms with Gasteiger partial charge in [-0.15, -0.1) is 11.3 Å². The van der Waals surface area contributed by atoms with Gasteiger partial charge in [0.05, 0.1) is 5.25 Å². The van der Waals surface area contributed by atoms with Crippen LogP contribution in [-0.2, 0) is 16.6 Å². The zero-order chi connectivity index (χ0) is 12.2. The third-order valence-electron chi connectivity index (χ3n) is 2.09. The highest BCUT2D eigenvalue weighted by atomic mass is 79.9. The molecule has 0 radical (unpaired) electrons. The van der Waals surface area contributed by atoms with Crippen molar-refractivity contribution < 1.29 is 8.42 Å². The van der Waals surface area contributed by atoms with Crippen LogP contribution in [0.15, 0.2) is 15.9 Å². The Morgan fingerprint density at radius 1 is 1.56 bits per heavy atom. The summed E-state index contributed by atoms with van der Waals surface area (Å²) in [6.45, 7) is 2.49. The topological polar surface area (TPSA) is 58.2 Å². The largest absolute Gasteiger partial charge is 0.318 e. The van der Waals surface area contributed by atoms with E-state index in [1.807, 2.05) is 11.4 Å².